The molecule has 0 aromatic rings. The van der Waals surface area contributed by atoms with Gasteiger partial charge in [-0.3, -0.25) is 0 Å². The molecule has 1 aliphatic carbocycles. The van der Waals surface area contributed by atoms with Crippen molar-refractivity contribution in [3.8, 4) is 0 Å². The van der Waals surface area contributed by atoms with Crippen molar-refractivity contribution in [3.63, 3.8) is 0 Å². The Kier molecular flexibility index (Phi) is 3.60. The SMILES string of the molecule is CC1(C)CCCC1(O)CCCC1CCCO1. The lowest BCUT2D eigenvalue weighted by molar-refractivity contribution is -0.0530. The van der Waals surface area contributed by atoms with Crippen molar-refractivity contribution in [1.29, 1.82) is 0 Å². The fraction of sp³-hybridized carbons (Fsp3) is 1.00. The van der Waals surface area contributed by atoms with Gasteiger partial charge in [0.05, 0.1) is 11.7 Å². The van der Waals surface area contributed by atoms with E-state index in [0.717, 1.165) is 32.3 Å². The maximum absolute atomic E-state index is 10.7. The molecule has 0 amide bonds. The van der Waals surface area contributed by atoms with Gasteiger partial charge in [0.1, 0.15) is 0 Å². The molecule has 2 atom stereocenters. The fourth-order valence-electron chi connectivity index (χ4n) is 3.35. The molecule has 2 aliphatic rings. The maximum atomic E-state index is 10.7. The van der Waals surface area contributed by atoms with Gasteiger partial charge in [0, 0.05) is 6.61 Å². The summed E-state index contributed by atoms with van der Waals surface area (Å²) in [6.07, 6.45) is 9.48. The number of aliphatic hydroxyl groups is 1. The van der Waals surface area contributed by atoms with Gasteiger partial charge in [-0.25, -0.2) is 0 Å². The Balaban J connectivity index is 1.76. The third kappa shape index (κ3) is 2.43. The van der Waals surface area contributed by atoms with E-state index in [2.05, 4.69) is 13.8 Å². The third-order valence-corrected chi connectivity index (χ3v) is 4.79. The van der Waals surface area contributed by atoms with Crippen LogP contribution in [0, 0.1) is 5.41 Å². The Morgan fingerprint density at radius 2 is 2.06 bits per heavy atom. The largest absolute Gasteiger partial charge is 0.389 e. The molecule has 2 heteroatoms. The summed E-state index contributed by atoms with van der Waals surface area (Å²) < 4.78 is 5.62. The monoisotopic (exact) mass is 226 g/mol. The van der Waals surface area contributed by atoms with Crippen LogP contribution in [0.2, 0.25) is 0 Å². The first-order valence-corrected chi connectivity index (χ1v) is 6.88. The summed E-state index contributed by atoms with van der Waals surface area (Å²) in [5.41, 5.74) is -0.296. The lowest BCUT2D eigenvalue weighted by Crippen LogP contribution is -2.39. The van der Waals surface area contributed by atoms with Crippen LogP contribution in [0.4, 0.5) is 0 Å². The van der Waals surface area contributed by atoms with E-state index in [1.165, 1.54) is 25.7 Å². The molecule has 16 heavy (non-hydrogen) atoms. The molecular weight excluding hydrogens is 200 g/mol. The standard InChI is InChI=1S/C14H26O2/c1-13(2)8-5-10-14(13,15)9-3-6-12-7-4-11-16-12/h12,15H,3-11H2,1-2H3. The minimum absolute atomic E-state index is 0.115. The van der Waals surface area contributed by atoms with Crippen molar-refractivity contribution in [2.75, 3.05) is 6.61 Å². The van der Waals surface area contributed by atoms with E-state index in [1.54, 1.807) is 0 Å². The van der Waals surface area contributed by atoms with Gasteiger partial charge in [-0.1, -0.05) is 13.8 Å². The second-order valence-corrected chi connectivity index (χ2v) is 6.30. The quantitative estimate of drug-likeness (QED) is 0.797. The highest BCUT2D eigenvalue weighted by Gasteiger charge is 2.46. The van der Waals surface area contributed by atoms with Crippen molar-refractivity contribution >= 4 is 0 Å². The molecule has 0 aromatic carbocycles. The van der Waals surface area contributed by atoms with Gasteiger partial charge in [0.2, 0.25) is 0 Å². The highest BCUT2D eigenvalue weighted by molar-refractivity contribution is 4.98. The molecule has 2 rings (SSSR count). The summed E-state index contributed by atoms with van der Waals surface area (Å²) in [7, 11) is 0. The van der Waals surface area contributed by atoms with Crippen LogP contribution in [0.1, 0.15) is 65.2 Å². The van der Waals surface area contributed by atoms with Crippen LogP contribution >= 0.6 is 0 Å². The summed E-state index contributed by atoms with van der Waals surface area (Å²) in [6, 6.07) is 0. The van der Waals surface area contributed by atoms with Crippen molar-refractivity contribution in [3.05, 3.63) is 0 Å². The normalized spacial score (nSPS) is 38.1. The van der Waals surface area contributed by atoms with Gasteiger partial charge >= 0.3 is 0 Å². The second-order valence-electron chi connectivity index (χ2n) is 6.30. The molecule has 0 radical (unpaired) electrons. The van der Waals surface area contributed by atoms with E-state index in [0.29, 0.717) is 6.10 Å². The molecule has 2 nitrogen and oxygen atoms in total. The molecule has 94 valence electrons. The Morgan fingerprint density at radius 3 is 2.62 bits per heavy atom. The van der Waals surface area contributed by atoms with Crippen LogP contribution in [0.25, 0.3) is 0 Å². The lowest BCUT2D eigenvalue weighted by atomic mass is 9.75. The summed E-state index contributed by atoms with van der Waals surface area (Å²) in [4.78, 5) is 0. The zero-order valence-corrected chi connectivity index (χ0v) is 10.8. The van der Waals surface area contributed by atoms with Crippen LogP contribution in [0.15, 0.2) is 0 Å². The molecule has 1 aliphatic heterocycles. The number of rotatable bonds is 4. The predicted octanol–water partition coefficient (Wildman–Crippen LogP) is 3.28. The molecule has 1 saturated heterocycles. The Morgan fingerprint density at radius 1 is 1.25 bits per heavy atom. The zero-order valence-electron chi connectivity index (χ0n) is 10.8. The summed E-state index contributed by atoms with van der Waals surface area (Å²) >= 11 is 0. The van der Waals surface area contributed by atoms with Crippen LogP contribution < -0.4 is 0 Å². The van der Waals surface area contributed by atoms with Crippen LogP contribution in [-0.4, -0.2) is 23.4 Å². The van der Waals surface area contributed by atoms with Gasteiger partial charge < -0.3 is 9.84 Å². The smallest absolute Gasteiger partial charge is 0.0698 e. The molecule has 2 unspecified atom stereocenters. The van der Waals surface area contributed by atoms with Crippen LogP contribution in [-0.2, 0) is 4.74 Å². The highest BCUT2D eigenvalue weighted by Crippen LogP contribution is 2.48. The molecule has 0 aromatic heterocycles. The van der Waals surface area contributed by atoms with Gasteiger partial charge in [-0.2, -0.15) is 0 Å². The average molecular weight is 226 g/mol. The summed E-state index contributed by atoms with van der Waals surface area (Å²) in [6.45, 7) is 5.37. The Hall–Kier alpha value is -0.0800. The molecular formula is C14H26O2. The van der Waals surface area contributed by atoms with Gasteiger partial charge in [0.15, 0.2) is 0 Å². The maximum Gasteiger partial charge on any atom is 0.0698 e. The predicted molar refractivity (Wildman–Crippen MR) is 65.4 cm³/mol. The van der Waals surface area contributed by atoms with E-state index >= 15 is 0 Å². The van der Waals surface area contributed by atoms with Crippen molar-refractivity contribution < 1.29 is 9.84 Å². The first-order chi connectivity index (χ1) is 7.54. The van der Waals surface area contributed by atoms with E-state index in [-0.39, 0.29) is 5.41 Å². The van der Waals surface area contributed by atoms with E-state index < -0.39 is 5.60 Å². The second kappa shape index (κ2) is 4.66. The number of hydrogen-bond acceptors (Lipinski definition) is 2. The molecule has 0 bridgehead atoms. The number of ether oxygens (including phenoxy) is 1. The van der Waals surface area contributed by atoms with Crippen molar-refractivity contribution in [1.82, 2.24) is 0 Å². The molecule has 1 N–H and O–H groups in total. The molecule has 1 saturated carbocycles. The van der Waals surface area contributed by atoms with E-state index in [4.69, 9.17) is 4.74 Å². The highest BCUT2D eigenvalue weighted by atomic mass is 16.5. The summed E-state index contributed by atoms with van der Waals surface area (Å²) in [5, 5.41) is 10.7. The summed E-state index contributed by atoms with van der Waals surface area (Å²) in [5.74, 6) is 0. The molecule has 0 spiro atoms. The van der Waals surface area contributed by atoms with Crippen LogP contribution in [0.3, 0.4) is 0 Å². The first kappa shape index (κ1) is 12.4. The van der Waals surface area contributed by atoms with Crippen molar-refractivity contribution in [2.24, 2.45) is 5.41 Å². The fourth-order valence-corrected chi connectivity index (χ4v) is 3.35. The minimum Gasteiger partial charge on any atom is -0.389 e. The van der Waals surface area contributed by atoms with E-state index in [9.17, 15) is 5.11 Å². The van der Waals surface area contributed by atoms with Gasteiger partial charge in [0.25, 0.3) is 0 Å². The topological polar surface area (TPSA) is 29.5 Å². The Bertz CT molecular complexity index is 231. The van der Waals surface area contributed by atoms with Gasteiger partial charge in [-0.15, -0.1) is 0 Å². The molecule has 1 heterocycles. The van der Waals surface area contributed by atoms with Gasteiger partial charge in [-0.05, 0) is 56.8 Å². The third-order valence-electron chi connectivity index (χ3n) is 4.79. The van der Waals surface area contributed by atoms with Crippen molar-refractivity contribution in [2.45, 2.75) is 76.9 Å². The van der Waals surface area contributed by atoms with Crippen LogP contribution in [0.5, 0.6) is 0 Å². The number of hydrogen-bond donors (Lipinski definition) is 1. The first-order valence-electron chi connectivity index (χ1n) is 6.88. The lowest BCUT2D eigenvalue weighted by Gasteiger charge is -2.37. The Labute approximate surface area is 99.4 Å². The van der Waals surface area contributed by atoms with E-state index in [1.807, 2.05) is 0 Å². The molecule has 2 fully saturated rings. The average Bonchev–Trinajstić information content (AvgIpc) is 2.77. The zero-order chi connectivity index (χ0) is 11.6. The minimum atomic E-state index is -0.411.